The Morgan fingerprint density at radius 3 is 2.67 bits per heavy atom. The molecule has 0 aliphatic heterocycles. The minimum Gasteiger partial charge on any atom is -0.485 e. The predicted molar refractivity (Wildman–Crippen MR) is 92.1 cm³/mol. The van der Waals surface area contributed by atoms with E-state index in [0.717, 1.165) is 5.56 Å². The Labute approximate surface area is 156 Å². The molecule has 1 aromatic carbocycles. The highest BCUT2D eigenvalue weighted by atomic mass is 32.2. The highest BCUT2D eigenvalue weighted by molar-refractivity contribution is 7.98. The fourth-order valence-electron chi connectivity index (χ4n) is 2.09. The summed E-state index contributed by atoms with van der Waals surface area (Å²) in [5, 5.41) is 12.2. The van der Waals surface area contributed by atoms with E-state index in [2.05, 4.69) is 25.3 Å². The summed E-state index contributed by atoms with van der Waals surface area (Å²) in [6.45, 7) is 0.118. The highest BCUT2D eigenvalue weighted by Gasteiger charge is 2.12. The number of hydrogen-bond donors (Lipinski definition) is 0. The summed E-state index contributed by atoms with van der Waals surface area (Å²) in [4.78, 5) is 8.17. The van der Waals surface area contributed by atoms with Crippen LogP contribution in [-0.2, 0) is 12.4 Å². The van der Waals surface area contributed by atoms with Crippen molar-refractivity contribution in [2.45, 2.75) is 17.6 Å². The summed E-state index contributed by atoms with van der Waals surface area (Å²) >= 11 is 1.28. The van der Waals surface area contributed by atoms with E-state index in [1.165, 1.54) is 36.0 Å². The first-order valence-corrected chi connectivity index (χ1v) is 8.81. The average Bonchev–Trinajstić information content (AvgIpc) is 3.36. The summed E-state index contributed by atoms with van der Waals surface area (Å²) in [6, 6.07) is 9.27. The Hall–Kier alpha value is -3.27. The van der Waals surface area contributed by atoms with E-state index < -0.39 is 0 Å². The van der Waals surface area contributed by atoms with E-state index >= 15 is 0 Å². The van der Waals surface area contributed by atoms with Crippen LogP contribution in [-0.4, -0.2) is 25.3 Å². The number of thioether (sulfide) groups is 1. The van der Waals surface area contributed by atoms with Crippen LogP contribution in [0.25, 0.3) is 11.5 Å². The zero-order valence-electron chi connectivity index (χ0n) is 13.8. The fourth-order valence-corrected chi connectivity index (χ4v) is 2.69. The van der Waals surface area contributed by atoms with Gasteiger partial charge in [-0.05, 0) is 36.4 Å². The molecule has 4 aromatic rings. The molecule has 0 radical (unpaired) electrons. The van der Waals surface area contributed by atoms with Crippen molar-refractivity contribution >= 4 is 11.8 Å². The minimum atomic E-state index is -0.325. The SMILES string of the molecule is Fc1ccc(OCc2noc(CSc3nnc(-c4ccncc4)o3)n2)cc1. The minimum absolute atomic E-state index is 0.118. The predicted octanol–water partition coefficient (Wildman–Crippen LogP) is 3.53. The Morgan fingerprint density at radius 1 is 1.04 bits per heavy atom. The van der Waals surface area contributed by atoms with Gasteiger partial charge in [-0.25, -0.2) is 4.39 Å². The van der Waals surface area contributed by atoms with Crippen LogP contribution in [0.15, 0.2) is 63.0 Å². The van der Waals surface area contributed by atoms with E-state index in [9.17, 15) is 4.39 Å². The van der Waals surface area contributed by atoms with Crippen molar-refractivity contribution in [2.24, 2.45) is 0 Å². The maximum atomic E-state index is 12.9. The van der Waals surface area contributed by atoms with Crippen molar-refractivity contribution < 1.29 is 18.1 Å². The van der Waals surface area contributed by atoms with E-state index in [-0.39, 0.29) is 12.4 Å². The lowest BCUT2D eigenvalue weighted by molar-refractivity contribution is 0.285. The van der Waals surface area contributed by atoms with Crippen molar-refractivity contribution in [1.82, 2.24) is 25.3 Å². The molecular weight excluding hydrogens is 373 g/mol. The van der Waals surface area contributed by atoms with Gasteiger partial charge in [0.2, 0.25) is 17.6 Å². The molecule has 0 bridgehead atoms. The van der Waals surface area contributed by atoms with Gasteiger partial charge in [-0.15, -0.1) is 10.2 Å². The lowest BCUT2D eigenvalue weighted by atomic mass is 10.3. The lowest BCUT2D eigenvalue weighted by Gasteiger charge is -2.01. The zero-order chi connectivity index (χ0) is 18.5. The third-order valence-corrected chi connectivity index (χ3v) is 4.15. The molecule has 3 aromatic heterocycles. The average molecular weight is 385 g/mol. The molecule has 0 atom stereocenters. The van der Waals surface area contributed by atoms with Crippen molar-refractivity contribution in [3.05, 3.63) is 66.3 Å². The summed E-state index contributed by atoms with van der Waals surface area (Å²) in [6.07, 6.45) is 3.31. The summed E-state index contributed by atoms with van der Waals surface area (Å²) in [7, 11) is 0. The Morgan fingerprint density at radius 2 is 1.85 bits per heavy atom. The topological polar surface area (TPSA) is 100.0 Å². The number of pyridine rings is 1. The second-order valence-electron chi connectivity index (χ2n) is 5.24. The number of ether oxygens (including phenoxy) is 1. The molecule has 136 valence electrons. The number of aromatic nitrogens is 5. The van der Waals surface area contributed by atoms with Crippen LogP contribution in [0.5, 0.6) is 5.75 Å². The van der Waals surface area contributed by atoms with Crippen LogP contribution in [0.4, 0.5) is 4.39 Å². The van der Waals surface area contributed by atoms with Crippen molar-refractivity contribution in [3.63, 3.8) is 0 Å². The molecule has 8 nitrogen and oxygen atoms in total. The molecule has 0 aliphatic rings. The number of rotatable bonds is 7. The summed E-state index contributed by atoms with van der Waals surface area (Å²) < 4.78 is 29.1. The normalized spacial score (nSPS) is 10.9. The zero-order valence-corrected chi connectivity index (χ0v) is 14.6. The Bertz CT molecular complexity index is 1010. The molecule has 0 N–H and O–H groups in total. The Kier molecular flexibility index (Phi) is 5.06. The van der Waals surface area contributed by atoms with Crippen LogP contribution in [0.3, 0.4) is 0 Å². The van der Waals surface area contributed by atoms with E-state index in [1.807, 2.05) is 0 Å². The van der Waals surface area contributed by atoms with Crippen molar-refractivity contribution in [3.8, 4) is 17.2 Å². The number of hydrogen-bond acceptors (Lipinski definition) is 9. The van der Waals surface area contributed by atoms with Gasteiger partial charge < -0.3 is 13.7 Å². The van der Waals surface area contributed by atoms with Gasteiger partial charge in [0, 0.05) is 18.0 Å². The standard InChI is InChI=1S/C17H12FN5O3S/c18-12-1-3-13(4-2-12)24-9-14-20-15(26-23-14)10-27-17-22-21-16(25-17)11-5-7-19-8-6-11/h1-8H,9-10H2. The fraction of sp³-hybridized carbons (Fsp3) is 0.118. The van der Waals surface area contributed by atoms with Gasteiger partial charge in [-0.1, -0.05) is 16.9 Å². The van der Waals surface area contributed by atoms with Gasteiger partial charge in [-0.2, -0.15) is 4.98 Å². The van der Waals surface area contributed by atoms with Gasteiger partial charge >= 0.3 is 0 Å². The van der Waals surface area contributed by atoms with Gasteiger partial charge in [0.15, 0.2) is 6.61 Å². The van der Waals surface area contributed by atoms with Gasteiger partial charge in [-0.3, -0.25) is 4.98 Å². The van der Waals surface area contributed by atoms with E-state index in [4.69, 9.17) is 13.7 Å². The molecule has 3 heterocycles. The maximum absolute atomic E-state index is 12.9. The smallest absolute Gasteiger partial charge is 0.277 e. The van der Waals surface area contributed by atoms with Gasteiger partial charge in [0.05, 0.1) is 5.75 Å². The number of benzene rings is 1. The molecule has 4 rings (SSSR count). The first kappa shape index (κ1) is 17.2. The van der Waals surface area contributed by atoms with Crippen LogP contribution in [0.2, 0.25) is 0 Å². The Balaban J connectivity index is 1.31. The summed E-state index contributed by atoms with van der Waals surface area (Å²) in [5.41, 5.74) is 0.794. The molecule has 0 fully saturated rings. The first-order valence-electron chi connectivity index (χ1n) is 7.83. The monoisotopic (exact) mass is 385 g/mol. The number of halogens is 1. The van der Waals surface area contributed by atoms with Crippen molar-refractivity contribution in [1.29, 1.82) is 0 Å². The quantitative estimate of drug-likeness (QED) is 0.442. The molecule has 0 spiro atoms. The molecule has 0 saturated heterocycles. The van der Waals surface area contributed by atoms with Crippen LogP contribution in [0, 0.1) is 5.82 Å². The molecule has 0 unspecified atom stereocenters. The molecule has 0 aliphatic carbocycles. The van der Waals surface area contributed by atoms with Crippen molar-refractivity contribution in [2.75, 3.05) is 0 Å². The van der Waals surface area contributed by atoms with Gasteiger partial charge in [0.1, 0.15) is 11.6 Å². The largest absolute Gasteiger partial charge is 0.485 e. The molecule has 27 heavy (non-hydrogen) atoms. The molecule has 10 heteroatoms. The lowest BCUT2D eigenvalue weighted by Crippen LogP contribution is -1.97. The molecular formula is C17H12FN5O3S. The van der Waals surface area contributed by atoms with E-state index in [0.29, 0.717) is 34.3 Å². The van der Waals surface area contributed by atoms with E-state index in [1.54, 1.807) is 24.5 Å². The summed E-state index contributed by atoms with van der Waals surface area (Å²) in [5.74, 6) is 1.78. The first-order chi connectivity index (χ1) is 13.3. The second kappa shape index (κ2) is 7.96. The third kappa shape index (κ3) is 4.47. The van der Waals surface area contributed by atoms with Crippen LogP contribution in [0.1, 0.15) is 11.7 Å². The van der Waals surface area contributed by atoms with Gasteiger partial charge in [0.25, 0.3) is 5.22 Å². The van der Waals surface area contributed by atoms with Crippen LogP contribution >= 0.6 is 11.8 Å². The molecule has 0 amide bonds. The molecule has 0 saturated carbocycles. The second-order valence-corrected chi connectivity index (χ2v) is 6.17. The highest BCUT2D eigenvalue weighted by Crippen LogP contribution is 2.25. The van der Waals surface area contributed by atoms with Crippen LogP contribution < -0.4 is 4.74 Å². The number of nitrogens with zero attached hydrogens (tertiary/aromatic N) is 5. The maximum Gasteiger partial charge on any atom is 0.277 e. The third-order valence-electron chi connectivity index (χ3n) is 3.34.